The van der Waals surface area contributed by atoms with Gasteiger partial charge in [-0.05, 0) is 61.1 Å². The molecule has 2 aromatic carbocycles. The van der Waals surface area contributed by atoms with Gasteiger partial charge in [0.05, 0.1) is 22.3 Å². The van der Waals surface area contributed by atoms with Crippen molar-refractivity contribution in [2.75, 3.05) is 12.1 Å². The van der Waals surface area contributed by atoms with Gasteiger partial charge < -0.3 is 20.5 Å². The van der Waals surface area contributed by atoms with E-state index in [1.165, 1.54) is 11.3 Å². The van der Waals surface area contributed by atoms with Crippen LogP contribution in [0.15, 0.2) is 48.5 Å². The average Bonchev–Trinajstić information content (AvgIpc) is 3.51. The molecule has 0 bridgehead atoms. The number of nitrogens with one attached hydrogen (secondary N) is 1. The smallest absolute Gasteiger partial charge is 0.257 e. The summed E-state index contributed by atoms with van der Waals surface area (Å²) in [7, 11) is 0. The molecule has 3 N–H and O–H groups in total. The summed E-state index contributed by atoms with van der Waals surface area (Å²) in [4.78, 5) is 32.0. The van der Waals surface area contributed by atoms with E-state index in [1.807, 2.05) is 42.5 Å². The van der Waals surface area contributed by atoms with Gasteiger partial charge in [0.1, 0.15) is 5.00 Å². The number of thiophene rings is 1. The number of pyridine rings is 1. The Morgan fingerprint density at radius 2 is 1.97 bits per heavy atom. The van der Waals surface area contributed by atoms with Crippen molar-refractivity contribution in [3.05, 3.63) is 70.1 Å². The van der Waals surface area contributed by atoms with Crippen molar-refractivity contribution in [1.82, 2.24) is 4.98 Å². The molecule has 1 aliphatic heterocycles. The molecule has 1 aliphatic carbocycles. The number of nitrogens with zero attached hydrogens (tertiary/aromatic N) is 1. The molecule has 0 saturated carbocycles. The molecule has 1 unspecified atom stereocenters. The number of amides is 2. The predicted octanol–water partition coefficient (Wildman–Crippen LogP) is 5.56. The third-order valence-electron chi connectivity index (χ3n) is 7.05. The van der Waals surface area contributed by atoms with E-state index in [0.29, 0.717) is 44.8 Å². The molecule has 0 fully saturated rings. The number of nitrogens with two attached hydrogens (primary N) is 1. The van der Waals surface area contributed by atoms with Crippen LogP contribution < -0.4 is 20.5 Å². The largest absolute Gasteiger partial charge is 0.454 e. The second kappa shape index (κ2) is 8.95. The fourth-order valence-electron chi connectivity index (χ4n) is 5.09. The lowest BCUT2D eigenvalue weighted by Crippen LogP contribution is -2.20. The van der Waals surface area contributed by atoms with Crippen LogP contribution in [0.5, 0.6) is 11.5 Å². The molecule has 0 saturated heterocycles. The number of hydrogen-bond donors (Lipinski definition) is 2. The summed E-state index contributed by atoms with van der Waals surface area (Å²) >= 11 is 1.47. The van der Waals surface area contributed by atoms with Crippen molar-refractivity contribution in [2.45, 2.75) is 32.6 Å². The van der Waals surface area contributed by atoms with Crippen LogP contribution in [0.3, 0.4) is 0 Å². The van der Waals surface area contributed by atoms with E-state index >= 15 is 0 Å². The number of primary amides is 1. The van der Waals surface area contributed by atoms with Crippen LogP contribution in [0.1, 0.15) is 50.9 Å². The fraction of sp³-hybridized carbons (Fsp3) is 0.250. The van der Waals surface area contributed by atoms with Gasteiger partial charge in [0.25, 0.3) is 11.8 Å². The molecule has 4 aromatic rings. The summed E-state index contributed by atoms with van der Waals surface area (Å²) in [5.41, 5.74) is 9.86. The first-order valence-corrected chi connectivity index (χ1v) is 12.9. The Labute approximate surface area is 212 Å². The summed E-state index contributed by atoms with van der Waals surface area (Å²) < 4.78 is 10.9. The molecule has 3 heterocycles. The molecule has 1 atom stereocenters. The number of rotatable bonds is 5. The quantitative estimate of drug-likeness (QED) is 0.374. The highest BCUT2D eigenvalue weighted by molar-refractivity contribution is 7.17. The highest BCUT2D eigenvalue weighted by Crippen LogP contribution is 2.41. The van der Waals surface area contributed by atoms with Gasteiger partial charge in [0.15, 0.2) is 11.5 Å². The van der Waals surface area contributed by atoms with Crippen LogP contribution in [0.4, 0.5) is 5.00 Å². The van der Waals surface area contributed by atoms with E-state index in [0.717, 1.165) is 47.1 Å². The standard InChI is InChI=1S/C28H25N3O4S/c1-2-15-7-9-18-24(11-15)36-28(25(18)26(29)32)31-27(33)19-13-21(30-20-6-4-3-5-17(19)20)16-8-10-22-23(12-16)35-14-34-22/h3-6,8,10,12-13,15H,2,7,9,11,14H2,1H3,(H2,29,32)(H,31,33). The molecule has 36 heavy (non-hydrogen) atoms. The highest BCUT2D eigenvalue weighted by atomic mass is 32.1. The van der Waals surface area contributed by atoms with E-state index in [-0.39, 0.29) is 12.7 Å². The first-order chi connectivity index (χ1) is 17.5. The molecule has 0 radical (unpaired) electrons. The lowest BCUT2D eigenvalue weighted by molar-refractivity contribution is 0.1000. The number of benzene rings is 2. The molecular formula is C28H25N3O4S. The summed E-state index contributed by atoms with van der Waals surface area (Å²) in [6, 6.07) is 14.9. The van der Waals surface area contributed by atoms with E-state index in [2.05, 4.69) is 12.2 Å². The summed E-state index contributed by atoms with van der Waals surface area (Å²) in [6.07, 6.45) is 3.85. The van der Waals surface area contributed by atoms with Crippen molar-refractivity contribution < 1.29 is 19.1 Å². The van der Waals surface area contributed by atoms with Crippen LogP contribution in [-0.4, -0.2) is 23.6 Å². The summed E-state index contributed by atoms with van der Waals surface area (Å²) in [5, 5.41) is 4.27. The zero-order valence-corrected chi connectivity index (χ0v) is 20.6. The minimum absolute atomic E-state index is 0.184. The van der Waals surface area contributed by atoms with Gasteiger partial charge >= 0.3 is 0 Å². The zero-order valence-electron chi connectivity index (χ0n) is 19.8. The van der Waals surface area contributed by atoms with Gasteiger partial charge in [0, 0.05) is 15.8 Å². The molecule has 7 nitrogen and oxygen atoms in total. The average molecular weight is 500 g/mol. The van der Waals surface area contributed by atoms with Gasteiger partial charge in [-0.1, -0.05) is 31.5 Å². The Morgan fingerprint density at radius 3 is 2.81 bits per heavy atom. The number of anilines is 1. The predicted molar refractivity (Wildman–Crippen MR) is 140 cm³/mol. The first kappa shape index (κ1) is 22.5. The van der Waals surface area contributed by atoms with Crippen molar-refractivity contribution in [2.24, 2.45) is 11.7 Å². The van der Waals surface area contributed by atoms with Gasteiger partial charge in [-0.2, -0.15) is 0 Å². The molecule has 2 amide bonds. The number of aromatic nitrogens is 1. The van der Waals surface area contributed by atoms with Crippen LogP contribution in [0, 0.1) is 5.92 Å². The number of hydrogen-bond acceptors (Lipinski definition) is 6. The van der Waals surface area contributed by atoms with Gasteiger partial charge in [0.2, 0.25) is 6.79 Å². The van der Waals surface area contributed by atoms with Crippen LogP contribution in [0.2, 0.25) is 0 Å². The van der Waals surface area contributed by atoms with Crippen LogP contribution >= 0.6 is 11.3 Å². The highest BCUT2D eigenvalue weighted by Gasteiger charge is 2.28. The number of ether oxygens (including phenoxy) is 2. The maximum Gasteiger partial charge on any atom is 0.257 e. The Kier molecular flexibility index (Phi) is 5.60. The van der Waals surface area contributed by atoms with Crippen molar-refractivity contribution in [1.29, 1.82) is 0 Å². The monoisotopic (exact) mass is 499 g/mol. The number of para-hydroxylation sites is 1. The second-order valence-electron chi connectivity index (χ2n) is 9.18. The maximum absolute atomic E-state index is 13.7. The third kappa shape index (κ3) is 3.87. The van der Waals surface area contributed by atoms with E-state index in [1.54, 1.807) is 6.07 Å². The molecule has 8 heteroatoms. The lowest BCUT2D eigenvalue weighted by Gasteiger charge is -2.20. The summed E-state index contributed by atoms with van der Waals surface area (Å²) in [5.74, 6) is 1.12. The SMILES string of the molecule is CCC1CCc2c(sc(NC(=O)c3cc(-c4ccc5c(c4)OCO5)nc4ccccc34)c2C(N)=O)C1. The maximum atomic E-state index is 13.7. The molecule has 6 rings (SSSR count). The zero-order chi connectivity index (χ0) is 24.8. The Balaban J connectivity index is 1.41. The number of carbonyl (C=O) groups excluding carboxylic acids is 2. The Bertz CT molecular complexity index is 1530. The molecular weight excluding hydrogens is 474 g/mol. The summed E-state index contributed by atoms with van der Waals surface area (Å²) in [6.45, 7) is 2.37. The second-order valence-corrected chi connectivity index (χ2v) is 10.3. The molecule has 2 aliphatic rings. The van der Waals surface area contributed by atoms with E-state index < -0.39 is 5.91 Å². The van der Waals surface area contributed by atoms with Gasteiger partial charge in [-0.25, -0.2) is 4.98 Å². The minimum Gasteiger partial charge on any atom is -0.454 e. The minimum atomic E-state index is -0.501. The Morgan fingerprint density at radius 1 is 1.14 bits per heavy atom. The fourth-order valence-corrected chi connectivity index (χ4v) is 6.45. The van der Waals surface area contributed by atoms with Gasteiger partial charge in [-0.15, -0.1) is 11.3 Å². The van der Waals surface area contributed by atoms with Crippen LogP contribution in [-0.2, 0) is 12.8 Å². The number of carbonyl (C=O) groups is 2. The van der Waals surface area contributed by atoms with Crippen LogP contribution in [0.25, 0.3) is 22.2 Å². The van der Waals surface area contributed by atoms with E-state index in [4.69, 9.17) is 20.2 Å². The molecule has 0 spiro atoms. The van der Waals surface area contributed by atoms with E-state index in [9.17, 15) is 9.59 Å². The third-order valence-corrected chi connectivity index (χ3v) is 8.22. The normalized spacial score (nSPS) is 16.1. The first-order valence-electron chi connectivity index (χ1n) is 12.1. The molecule has 182 valence electrons. The number of fused-ring (bicyclic) bond motifs is 3. The lowest BCUT2D eigenvalue weighted by atomic mass is 9.85. The topological polar surface area (TPSA) is 104 Å². The van der Waals surface area contributed by atoms with Crippen molar-refractivity contribution in [3.8, 4) is 22.8 Å². The van der Waals surface area contributed by atoms with Crippen molar-refractivity contribution in [3.63, 3.8) is 0 Å². The van der Waals surface area contributed by atoms with Gasteiger partial charge in [-0.3, -0.25) is 9.59 Å². The molecule has 2 aromatic heterocycles. The Hall–Kier alpha value is -3.91. The van der Waals surface area contributed by atoms with Crippen molar-refractivity contribution >= 4 is 39.1 Å².